The summed E-state index contributed by atoms with van der Waals surface area (Å²) in [4.78, 5) is 39.7. The lowest BCUT2D eigenvalue weighted by atomic mass is 10.1. The zero-order valence-electron chi connectivity index (χ0n) is 21.3. The maximum absolute atomic E-state index is 13.0. The first-order chi connectivity index (χ1) is 18.9. The summed E-state index contributed by atoms with van der Waals surface area (Å²) in [6, 6.07) is 25.7. The van der Waals surface area contributed by atoms with Gasteiger partial charge in [0.15, 0.2) is 0 Å². The number of anilines is 1. The van der Waals surface area contributed by atoms with Crippen molar-refractivity contribution < 1.29 is 23.5 Å². The summed E-state index contributed by atoms with van der Waals surface area (Å²) in [5, 5.41) is 6.68. The van der Waals surface area contributed by atoms with Crippen LogP contribution in [0.5, 0.6) is 5.75 Å². The third-order valence-electron chi connectivity index (χ3n) is 5.44. The first-order valence-electron chi connectivity index (χ1n) is 11.9. The normalized spacial score (nSPS) is 11.2. The van der Waals surface area contributed by atoms with Gasteiger partial charge in [0.1, 0.15) is 11.4 Å². The highest BCUT2D eigenvalue weighted by Crippen LogP contribution is 2.16. The molecule has 2 N–H and O–H groups in total. The molecule has 0 spiro atoms. The summed E-state index contributed by atoms with van der Waals surface area (Å²) in [5.41, 5.74) is 5.25. The van der Waals surface area contributed by atoms with Crippen LogP contribution in [0.15, 0.2) is 112 Å². The van der Waals surface area contributed by atoms with Gasteiger partial charge in [-0.3, -0.25) is 9.59 Å². The number of hydrazone groups is 1. The number of hydrogen-bond acceptors (Lipinski definition) is 7. The molecule has 1 heterocycles. The number of benzene rings is 3. The van der Waals surface area contributed by atoms with Crippen molar-refractivity contribution in [3.8, 4) is 5.75 Å². The number of carbonyl (C=O) groups is 3. The van der Waals surface area contributed by atoms with Crippen LogP contribution in [0.3, 0.4) is 0 Å². The van der Waals surface area contributed by atoms with Gasteiger partial charge < -0.3 is 19.4 Å². The van der Waals surface area contributed by atoms with E-state index in [0.717, 1.165) is 11.3 Å². The van der Waals surface area contributed by atoms with E-state index in [1.165, 1.54) is 18.5 Å². The molecule has 3 aromatic carbocycles. The Labute approximate surface area is 225 Å². The molecule has 9 heteroatoms. The zero-order chi connectivity index (χ0) is 27.6. The Kier molecular flexibility index (Phi) is 8.66. The Morgan fingerprint density at radius 2 is 1.54 bits per heavy atom. The fourth-order valence-electron chi connectivity index (χ4n) is 3.38. The highest BCUT2D eigenvalue weighted by molar-refractivity contribution is 6.05. The molecule has 0 aliphatic rings. The van der Waals surface area contributed by atoms with Gasteiger partial charge in [-0.25, -0.2) is 10.2 Å². The van der Waals surface area contributed by atoms with Crippen molar-refractivity contribution >= 4 is 35.8 Å². The first kappa shape index (κ1) is 26.6. The van der Waals surface area contributed by atoms with Gasteiger partial charge in [-0.05, 0) is 77.9 Å². The molecule has 0 unspecified atom stereocenters. The summed E-state index contributed by atoms with van der Waals surface area (Å²) in [6.07, 6.45) is 4.39. The maximum atomic E-state index is 13.0. The van der Waals surface area contributed by atoms with Crippen LogP contribution in [0.1, 0.15) is 32.0 Å². The predicted molar refractivity (Wildman–Crippen MR) is 148 cm³/mol. The number of furan rings is 1. The molecule has 1 aromatic heterocycles. The average molecular weight is 523 g/mol. The van der Waals surface area contributed by atoms with Crippen molar-refractivity contribution in [1.29, 1.82) is 0 Å². The molecule has 0 bridgehead atoms. The molecule has 39 heavy (non-hydrogen) atoms. The molecule has 4 aromatic rings. The van der Waals surface area contributed by atoms with Crippen LogP contribution >= 0.6 is 0 Å². The van der Waals surface area contributed by atoms with Gasteiger partial charge in [0.05, 0.1) is 12.5 Å². The SMILES string of the molecule is CN(C)c1ccc(C=C(NC(=O)c2ccccc2)C(=O)NN=Cc2ccc(OC(=O)c3ccco3)cc2)cc1. The van der Waals surface area contributed by atoms with E-state index in [1.54, 1.807) is 66.7 Å². The van der Waals surface area contributed by atoms with E-state index in [0.29, 0.717) is 16.9 Å². The van der Waals surface area contributed by atoms with Crippen molar-refractivity contribution in [2.24, 2.45) is 5.10 Å². The monoisotopic (exact) mass is 522 g/mol. The molecule has 9 nitrogen and oxygen atoms in total. The molecular weight excluding hydrogens is 496 g/mol. The Morgan fingerprint density at radius 1 is 0.846 bits per heavy atom. The van der Waals surface area contributed by atoms with Crippen LogP contribution in [0, 0.1) is 0 Å². The van der Waals surface area contributed by atoms with Gasteiger partial charge in [0.25, 0.3) is 11.8 Å². The maximum Gasteiger partial charge on any atom is 0.379 e. The van der Waals surface area contributed by atoms with Gasteiger partial charge in [-0.15, -0.1) is 0 Å². The van der Waals surface area contributed by atoms with Crippen LogP contribution in [0.2, 0.25) is 0 Å². The summed E-state index contributed by atoms with van der Waals surface area (Å²) in [5.74, 6) is -1.21. The number of carbonyl (C=O) groups excluding carboxylic acids is 3. The number of ether oxygens (including phenoxy) is 1. The molecule has 0 atom stereocenters. The number of amides is 2. The second-order valence-corrected chi connectivity index (χ2v) is 8.50. The predicted octanol–water partition coefficient (Wildman–Crippen LogP) is 4.49. The molecule has 0 saturated carbocycles. The smallest absolute Gasteiger partial charge is 0.379 e. The fraction of sp³-hybridized carbons (Fsp3) is 0.0667. The molecular formula is C30H26N4O5. The van der Waals surface area contributed by atoms with E-state index in [2.05, 4.69) is 15.8 Å². The number of hydrogen-bond donors (Lipinski definition) is 2. The van der Waals surface area contributed by atoms with Crippen molar-refractivity contribution in [1.82, 2.24) is 10.7 Å². The van der Waals surface area contributed by atoms with Gasteiger partial charge >= 0.3 is 5.97 Å². The minimum absolute atomic E-state index is 0.0267. The Morgan fingerprint density at radius 3 is 2.18 bits per heavy atom. The minimum atomic E-state index is -0.609. The summed E-state index contributed by atoms with van der Waals surface area (Å²) < 4.78 is 10.3. The van der Waals surface area contributed by atoms with Gasteiger partial charge in [0.2, 0.25) is 5.76 Å². The highest BCUT2D eigenvalue weighted by atomic mass is 16.5. The largest absolute Gasteiger partial charge is 0.457 e. The Hall–Kier alpha value is -5.44. The topological polar surface area (TPSA) is 113 Å². The number of nitrogens with zero attached hydrogens (tertiary/aromatic N) is 2. The highest BCUT2D eigenvalue weighted by Gasteiger charge is 2.15. The van der Waals surface area contributed by atoms with E-state index >= 15 is 0 Å². The van der Waals surface area contributed by atoms with Crippen LogP contribution < -0.4 is 20.4 Å². The van der Waals surface area contributed by atoms with Crippen LogP contribution in [-0.2, 0) is 4.79 Å². The molecule has 196 valence electrons. The van der Waals surface area contributed by atoms with E-state index in [9.17, 15) is 14.4 Å². The third kappa shape index (κ3) is 7.53. The van der Waals surface area contributed by atoms with Gasteiger partial charge in [0, 0.05) is 25.3 Å². The average Bonchev–Trinajstić information content (AvgIpc) is 3.50. The first-order valence-corrected chi connectivity index (χ1v) is 11.9. The van der Waals surface area contributed by atoms with Crippen LogP contribution in [0.25, 0.3) is 6.08 Å². The van der Waals surface area contributed by atoms with Crippen molar-refractivity contribution in [3.63, 3.8) is 0 Å². The second kappa shape index (κ2) is 12.7. The van der Waals surface area contributed by atoms with E-state index in [4.69, 9.17) is 9.15 Å². The standard InChI is InChI=1S/C30H26N4O5/c1-34(2)24-14-10-21(11-15-24)19-26(32-28(35)23-7-4-3-5-8-23)29(36)33-31-20-22-12-16-25(17-13-22)39-30(37)27-9-6-18-38-27/h3-20H,1-2H3,(H,32,35)(H,33,36). The molecule has 0 aliphatic carbocycles. The third-order valence-corrected chi connectivity index (χ3v) is 5.44. The number of esters is 1. The van der Waals surface area contributed by atoms with Gasteiger partial charge in [-0.1, -0.05) is 30.3 Å². The lowest BCUT2D eigenvalue weighted by Gasteiger charge is -2.12. The Bertz CT molecular complexity index is 1470. The van der Waals surface area contributed by atoms with Crippen molar-refractivity contribution in [2.45, 2.75) is 0 Å². The lowest BCUT2D eigenvalue weighted by Crippen LogP contribution is -2.32. The molecule has 0 radical (unpaired) electrons. The van der Waals surface area contributed by atoms with Crippen molar-refractivity contribution in [3.05, 3.63) is 125 Å². The summed E-state index contributed by atoms with van der Waals surface area (Å²) in [6.45, 7) is 0. The molecule has 0 saturated heterocycles. The minimum Gasteiger partial charge on any atom is -0.457 e. The lowest BCUT2D eigenvalue weighted by molar-refractivity contribution is -0.117. The van der Waals surface area contributed by atoms with Gasteiger partial charge in [-0.2, -0.15) is 5.10 Å². The molecule has 4 rings (SSSR count). The molecule has 0 aliphatic heterocycles. The quantitative estimate of drug-likeness (QED) is 0.110. The molecule has 0 fully saturated rings. The van der Waals surface area contributed by atoms with Crippen molar-refractivity contribution in [2.75, 3.05) is 19.0 Å². The molecule has 2 amide bonds. The summed E-state index contributed by atoms with van der Waals surface area (Å²) in [7, 11) is 3.87. The van der Waals surface area contributed by atoms with Crippen LogP contribution in [0.4, 0.5) is 5.69 Å². The van der Waals surface area contributed by atoms with E-state index < -0.39 is 17.8 Å². The fourth-order valence-corrected chi connectivity index (χ4v) is 3.38. The van der Waals surface area contributed by atoms with Crippen LogP contribution in [-0.4, -0.2) is 38.1 Å². The van der Waals surface area contributed by atoms with E-state index in [1.807, 2.05) is 43.3 Å². The Balaban J connectivity index is 1.44. The number of rotatable bonds is 9. The van der Waals surface area contributed by atoms with E-state index in [-0.39, 0.29) is 11.5 Å². The zero-order valence-corrected chi connectivity index (χ0v) is 21.3. The number of nitrogens with one attached hydrogen (secondary N) is 2. The summed E-state index contributed by atoms with van der Waals surface area (Å²) >= 11 is 0. The second-order valence-electron chi connectivity index (χ2n) is 8.50.